The van der Waals surface area contributed by atoms with Gasteiger partial charge in [0.1, 0.15) is 0 Å². The van der Waals surface area contributed by atoms with Crippen molar-refractivity contribution < 1.29 is 19.1 Å². The number of hydrogen-bond acceptors (Lipinski definition) is 4. The monoisotopic (exact) mass is 350 g/mol. The van der Waals surface area contributed by atoms with Gasteiger partial charge in [-0.15, -0.1) is 0 Å². The van der Waals surface area contributed by atoms with E-state index in [1.165, 1.54) is 0 Å². The van der Waals surface area contributed by atoms with Crippen molar-refractivity contribution in [3.05, 3.63) is 76.9 Å². The van der Waals surface area contributed by atoms with Crippen molar-refractivity contribution in [2.75, 3.05) is 13.2 Å². The topological polar surface area (TPSA) is 52.6 Å². The maximum Gasteiger partial charge on any atom is 0.324 e. The van der Waals surface area contributed by atoms with Crippen LogP contribution >= 0.6 is 0 Å². The van der Waals surface area contributed by atoms with Gasteiger partial charge in [0.15, 0.2) is 5.92 Å². The summed E-state index contributed by atoms with van der Waals surface area (Å²) in [6.45, 7) is 3.90. The average Bonchev–Trinajstić information content (AvgIpc) is 3.02. The van der Waals surface area contributed by atoms with Gasteiger partial charge in [-0.05, 0) is 48.1 Å². The highest BCUT2D eigenvalue weighted by atomic mass is 16.6. The second kappa shape index (κ2) is 8.00. The maximum absolute atomic E-state index is 12.6. The number of benzene rings is 2. The fraction of sp³-hybridized carbons (Fsp3) is 0.273. The van der Waals surface area contributed by atoms with E-state index in [1.54, 1.807) is 13.8 Å². The van der Waals surface area contributed by atoms with E-state index in [2.05, 4.69) is 0 Å². The Morgan fingerprint density at radius 2 is 1.46 bits per heavy atom. The molecule has 1 aliphatic rings. The van der Waals surface area contributed by atoms with Crippen molar-refractivity contribution in [1.29, 1.82) is 0 Å². The molecular formula is C22H22O4. The Kier molecular flexibility index (Phi) is 5.52. The van der Waals surface area contributed by atoms with Gasteiger partial charge in [-0.2, -0.15) is 0 Å². The molecule has 0 spiro atoms. The maximum atomic E-state index is 12.6. The first-order chi connectivity index (χ1) is 12.7. The third-order valence-electron chi connectivity index (χ3n) is 4.44. The number of fused-ring (bicyclic) bond motifs is 1. The van der Waals surface area contributed by atoms with Gasteiger partial charge in [0.2, 0.25) is 0 Å². The SMILES string of the molecule is CCOC(=O)C(C(=O)OCC)C1=C(c2ccccc2)c2ccccc2C1. The molecule has 0 aliphatic heterocycles. The van der Waals surface area contributed by atoms with Crippen LogP contribution in [0.4, 0.5) is 0 Å². The quantitative estimate of drug-likeness (QED) is 0.588. The summed E-state index contributed by atoms with van der Waals surface area (Å²) >= 11 is 0. The van der Waals surface area contributed by atoms with E-state index in [1.807, 2.05) is 54.6 Å². The Hall–Kier alpha value is -2.88. The van der Waals surface area contributed by atoms with E-state index in [-0.39, 0.29) is 13.2 Å². The van der Waals surface area contributed by atoms with Crippen LogP contribution in [-0.2, 0) is 25.5 Å². The van der Waals surface area contributed by atoms with Crippen molar-refractivity contribution >= 4 is 17.5 Å². The largest absolute Gasteiger partial charge is 0.465 e. The molecule has 0 unspecified atom stereocenters. The Morgan fingerprint density at radius 3 is 2.08 bits per heavy atom. The van der Waals surface area contributed by atoms with Crippen LogP contribution < -0.4 is 0 Å². The molecule has 0 saturated heterocycles. The van der Waals surface area contributed by atoms with E-state index in [9.17, 15) is 9.59 Å². The highest BCUT2D eigenvalue weighted by molar-refractivity contribution is 6.03. The predicted octanol–water partition coefficient (Wildman–Crippen LogP) is 3.79. The minimum Gasteiger partial charge on any atom is -0.465 e. The van der Waals surface area contributed by atoms with E-state index in [0.29, 0.717) is 6.42 Å². The lowest BCUT2D eigenvalue weighted by Gasteiger charge is -2.18. The lowest BCUT2D eigenvalue weighted by atomic mass is 9.90. The van der Waals surface area contributed by atoms with Crippen LogP contribution in [0.5, 0.6) is 0 Å². The molecule has 0 bridgehead atoms. The van der Waals surface area contributed by atoms with Gasteiger partial charge in [0, 0.05) is 0 Å². The second-order valence-electron chi connectivity index (χ2n) is 6.04. The summed E-state index contributed by atoms with van der Waals surface area (Å²) in [5.74, 6) is -2.15. The van der Waals surface area contributed by atoms with Crippen LogP contribution in [0.2, 0.25) is 0 Å². The average molecular weight is 350 g/mol. The van der Waals surface area contributed by atoms with Crippen LogP contribution in [0.25, 0.3) is 5.57 Å². The van der Waals surface area contributed by atoms with E-state index >= 15 is 0 Å². The summed E-state index contributed by atoms with van der Waals surface area (Å²) in [6.07, 6.45) is 0.530. The van der Waals surface area contributed by atoms with Gasteiger partial charge < -0.3 is 9.47 Å². The molecule has 4 heteroatoms. The third-order valence-corrected chi connectivity index (χ3v) is 4.44. The number of ether oxygens (including phenoxy) is 2. The molecule has 0 atom stereocenters. The van der Waals surface area contributed by atoms with Gasteiger partial charge in [0.05, 0.1) is 13.2 Å². The summed E-state index contributed by atoms with van der Waals surface area (Å²) in [5.41, 5.74) is 4.79. The molecule has 0 N–H and O–H groups in total. The molecule has 26 heavy (non-hydrogen) atoms. The van der Waals surface area contributed by atoms with Gasteiger partial charge >= 0.3 is 11.9 Å². The molecule has 0 fully saturated rings. The predicted molar refractivity (Wildman–Crippen MR) is 99.4 cm³/mol. The summed E-state index contributed by atoms with van der Waals surface area (Å²) in [6, 6.07) is 17.8. The molecule has 3 rings (SSSR count). The number of esters is 2. The lowest BCUT2D eigenvalue weighted by Crippen LogP contribution is -2.30. The standard InChI is InChI=1S/C22H22O4/c1-3-25-21(23)20(22(24)26-4-2)18-14-16-12-8-9-13-17(16)19(18)15-10-6-5-7-11-15/h5-13,20H,3-4,14H2,1-2H3. The normalized spacial score (nSPS) is 12.9. The highest BCUT2D eigenvalue weighted by Gasteiger charge is 2.38. The zero-order chi connectivity index (χ0) is 18.5. The minimum absolute atomic E-state index is 0.218. The molecule has 2 aromatic rings. The minimum atomic E-state index is -1.04. The van der Waals surface area contributed by atoms with E-state index < -0.39 is 17.9 Å². The molecule has 4 nitrogen and oxygen atoms in total. The zero-order valence-electron chi connectivity index (χ0n) is 15.0. The highest BCUT2D eigenvalue weighted by Crippen LogP contribution is 2.41. The molecular weight excluding hydrogens is 328 g/mol. The number of hydrogen-bond donors (Lipinski definition) is 0. The van der Waals surface area contributed by atoms with Crippen LogP contribution in [0.15, 0.2) is 60.2 Å². The molecule has 2 aromatic carbocycles. The first-order valence-electron chi connectivity index (χ1n) is 8.87. The smallest absolute Gasteiger partial charge is 0.324 e. The van der Waals surface area contributed by atoms with Crippen LogP contribution in [0.1, 0.15) is 30.5 Å². The van der Waals surface area contributed by atoms with Gasteiger partial charge in [-0.25, -0.2) is 0 Å². The Labute approximate surface area is 153 Å². The molecule has 0 aromatic heterocycles. The van der Waals surface area contributed by atoms with Gasteiger partial charge in [0.25, 0.3) is 0 Å². The van der Waals surface area contributed by atoms with Crippen LogP contribution in [0, 0.1) is 5.92 Å². The summed E-state index contributed by atoms with van der Waals surface area (Å²) in [7, 11) is 0. The van der Waals surface area contributed by atoms with Crippen molar-refractivity contribution in [2.24, 2.45) is 5.92 Å². The second-order valence-corrected chi connectivity index (χ2v) is 6.04. The fourth-order valence-corrected chi connectivity index (χ4v) is 3.41. The molecule has 0 amide bonds. The van der Waals surface area contributed by atoms with Gasteiger partial charge in [-0.3, -0.25) is 9.59 Å². The summed E-state index contributed by atoms with van der Waals surface area (Å²) < 4.78 is 10.4. The fourth-order valence-electron chi connectivity index (χ4n) is 3.41. The van der Waals surface area contributed by atoms with Crippen molar-refractivity contribution in [3.63, 3.8) is 0 Å². The van der Waals surface area contributed by atoms with E-state index in [4.69, 9.17) is 9.47 Å². The molecule has 1 aliphatic carbocycles. The van der Waals surface area contributed by atoms with E-state index in [0.717, 1.165) is 27.8 Å². The van der Waals surface area contributed by atoms with Crippen molar-refractivity contribution in [2.45, 2.75) is 20.3 Å². The number of rotatable bonds is 6. The summed E-state index contributed by atoms with van der Waals surface area (Å²) in [5, 5.41) is 0. The van der Waals surface area contributed by atoms with Crippen molar-refractivity contribution in [1.82, 2.24) is 0 Å². The molecule has 0 heterocycles. The first kappa shape index (κ1) is 17.9. The Balaban J connectivity index is 2.16. The Morgan fingerprint density at radius 1 is 0.885 bits per heavy atom. The third kappa shape index (κ3) is 3.40. The Bertz CT molecular complexity index is 818. The molecule has 0 radical (unpaired) electrons. The van der Waals surface area contributed by atoms with Crippen LogP contribution in [-0.4, -0.2) is 25.2 Å². The number of carbonyl (C=O) groups excluding carboxylic acids is 2. The molecule has 134 valence electrons. The molecule has 0 saturated carbocycles. The van der Waals surface area contributed by atoms with Crippen molar-refractivity contribution in [3.8, 4) is 0 Å². The lowest BCUT2D eigenvalue weighted by molar-refractivity contribution is -0.159. The van der Waals surface area contributed by atoms with Crippen LogP contribution in [0.3, 0.4) is 0 Å². The summed E-state index contributed by atoms with van der Waals surface area (Å²) in [4.78, 5) is 25.2. The first-order valence-corrected chi connectivity index (χ1v) is 8.87. The van der Waals surface area contributed by atoms with Gasteiger partial charge in [-0.1, -0.05) is 54.6 Å². The number of carbonyl (C=O) groups is 2. The zero-order valence-corrected chi connectivity index (χ0v) is 15.0.